The molecule has 2 aromatic rings. The van der Waals surface area contributed by atoms with E-state index in [4.69, 9.17) is 0 Å². The molecule has 0 radical (unpaired) electrons. The Hall–Kier alpha value is -1.93. The first kappa shape index (κ1) is 10.6. The number of benzene rings is 1. The molecule has 2 rings (SSSR count). The van der Waals surface area contributed by atoms with Crippen molar-refractivity contribution in [2.45, 2.75) is 6.10 Å². The first-order chi connectivity index (χ1) is 7.86. The number of nitrogens with zero attached hydrogens (tertiary/aromatic N) is 1. The van der Waals surface area contributed by atoms with Crippen molar-refractivity contribution in [1.29, 1.82) is 0 Å². The van der Waals surface area contributed by atoms with Crippen LogP contribution >= 0.6 is 0 Å². The van der Waals surface area contributed by atoms with Crippen LogP contribution in [0.5, 0.6) is 0 Å². The molecule has 1 N–H and O–H groups in total. The van der Waals surface area contributed by atoms with Crippen LogP contribution in [-0.2, 0) is 0 Å². The summed E-state index contributed by atoms with van der Waals surface area (Å²) in [5.41, 5.74) is 1.88. The molecule has 0 aliphatic heterocycles. The summed E-state index contributed by atoms with van der Waals surface area (Å²) in [6.07, 6.45) is 6.54. The Morgan fingerprint density at radius 2 is 1.88 bits per heavy atom. The first-order valence-corrected chi connectivity index (χ1v) is 5.17. The Kier molecular flexibility index (Phi) is 3.46. The van der Waals surface area contributed by atoms with Crippen molar-refractivity contribution in [3.05, 3.63) is 72.1 Å². The zero-order valence-corrected chi connectivity index (χ0v) is 8.82. The fourth-order valence-corrected chi connectivity index (χ4v) is 1.44. The van der Waals surface area contributed by atoms with Gasteiger partial charge in [0.25, 0.3) is 0 Å². The lowest BCUT2D eigenvalue weighted by Crippen LogP contribution is -1.91. The molecule has 2 nitrogen and oxygen atoms in total. The highest BCUT2D eigenvalue weighted by molar-refractivity contribution is 5.48. The quantitative estimate of drug-likeness (QED) is 0.846. The van der Waals surface area contributed by atoms with Crippen LogP contribution in [0.1, 0.15) is 17.2 Å². The number of aromatic nitrogens is 1. The molecule has 0 spiro atoms. The lowest BCUT2D eigenvalue weighted by Gasteiger charge is -2.04. The number of hydrogen-bond donors (Lipinski definition) is 1. The predicted molar refractivity (Wildman–Crippen MR) is 64.7 cm³/mol. The van der Waals surface area contributed by atoms with Gasteiger partial charge in [0.1, 0.15) is 0 Å². The molecule has 0 saturated heterocycles. The molecular weight excluding hydrogens is 198 g/mol. The van der Waals surface area contributed by atoms with Gasteiger partial charge in [0.05, 0.1) is 6.10 Å². The van der Waals surface area contributed by atoms with Crippen LogP contribution in [0.2, 0.25) is 0 Å². The monoisotopic (exact) mass is 211 g/mol. The van der Waals surface area contributed by atoms with Gasteiger partial charge in [0, 0.05) is 12.4 Å². The number of hydrogen-bond acceptors (Lipinski definition) is 2. The van der Waals surface area contributed by atoms with Crippen LogP contribution in [0.4, 0.5) is 0 Å². The molecule has 0 saturated carbocycles. The third kappa shape index (κ3) is 2.78. The number of aliphatic hydroxyl groups excluding tert-OH is 1. The molecule has 0 aliphatic carbocycles. The molecule has 0 aliphatic rings. The second-order valence-corrected chi connectivity index (χ2v) is 3.50. The molecule has 0 fully saturated rings. The van der Waals surface area contributed by atoms with Gasteiger partial charge in [-0.15, -0.1) is 0 Å². The zero-order valence-electron chi connectivity index (χ0n) is 8.82. The summed E-state index contributed by atoms with van der Waals surface area (Å²) >= 11 is 0. The van der Waals surface area contributed by atoms with Gasteiger partial charge >= 0.3 is 0 Å². The Labute approximate surface area is 94.9 Å². The minimum absolute atomic E-state index is 0.568. The van der Waals surface area contributed by atoms with Gasteiger partial charge < -0.3 is 5.11 Å². The molecule has 1 unspecified atom stereocenters. The summed E-state index contributed by atoms with van der Waals surface area (Å²) in [5, 5.41) is 9.87. The van der Waals surface area contributed by atoms with Gasteiger partial charge in [-0.05, 0) is 17.2 Å². The maximum atomic E-state index is 9.87. The normalized spacial score (nSPS) is 12.8. The number of aliphatic hydroxyl groups is 1. The van der Waals surface area contributed by atoms with E-state index in [0.717, 1.165) is 11.1 Å². The van der Waals surface area contributed by atoms with Crippen molar-refractivity contribution in [1.82, 2.24) is 4.98 Å². The fourth-order valence-electron chi connectivity index (χ4n) is 1.44. The zero-order chi connectivity index (χ0) is 11.2. The van der Waals surface area contributed by atoms with Crippen LogP contribution in [0.15, 0.2) is 60.9 Å². The van der Waals surface area contributed by atoms with E-state index >= 15 is 0 Å². The van der Waals surface area contributed by atoms with Gasteiger partial charge in [-0.25, -0.2) is 0 Å². The Balaban J connectivity index is 2.08. The second-order valence-electron chi connectivity index (χ2n) is 3.50. The molecular formula is C14H13NO. The number of rotatable bonds is 3. The van der Waals surface area contributed by atoms with Crippen LogP contribution in [0.3, 0.4) is 0 Å². The summed E-state index contributed by atoms with van der Waals surface area (Å²) in [7, 11) is 0. The minimum Gasteiger partial charge on any atom is -0.384 e. The molecule has 1 atom stereocenters. The van der Waals surface area contributed by atoms with Crippen molar-refractivity contribution in [2.24, 2.45) is 0 Å². The molecule has 16 heavy (non-hydrogen) atoms. The highest BCUT2D eigenvalue weighted by Crippen LogP contribution is 2.14. The molecule has 0 amide bonds. The molecule has 1 aromatic heterocycles. The van der Waals surface area contributed by atoms with E-state index in [-0.39, 0.29) is 0 Å². The molecule has 80 valence electrons. The van der Waals surface area contributed by atoms with Gasteiger partial charge in [-0.3, -0.25) is 4.98 Å². The van der Waals surface area contributed by atoms with E-state index in [1.54, 1.807) is 18.5 Å². The van der Waals surface area contributed by atoms with Gasteiger partial charge in [-0.1, -0.05) is 48.6 Å². The maximum absolute atomic E-state index is 9.87. The van der Waals surface area contributed by atoms with E-state index in [2.05, 4.69) is 4.98 Å². The molecule has 0 bridgehead atoms. The van der Waals surface area contributed by atoms with Crippen molar-refractivity contribution < 1.29 is 5.11 Å². The summed E-state index contributed by atoms with van der Waals surface area (Å²) in [6, 6.07) is 13.4. The highest BCUT2D eigenvalue weighted by atomic mass is 16.3. The van der Waals surface area contributed by atoms with Crippen molar-refractivity contribution in [3.8, 4) is 0 Å². The van der Waals surface area contributed by atoms with Crippen molar-refractivity contribution in [2.75, 3.05) is 0 Å². The van der Waals surface area contributed by atoms with Crippen molar-refractivity contribution in [3.63, 3.8) is 0 Å². The fraction of sp³-hybridized carbons (Fsp3) is 0.0714. The third-order valence-corrected chi connectivity index (χ3v) is 2.30. The lowest BCUT2D eigenvalue weighted by atomic mass is 10.1. The van der Waals surface area contributed by atoms with Crippen LogP contribution in [-0.4, -0.2) is 10.1 Å². The molecule has 1 heterocycles. The van der Waals surface area contributed by atoms with E-state index in [9.17, 15) is 5.11 Å². The van der Waals surface area contributed by atoms with Crippen molar-refractivity contribution >= 4 is 6.08 Å². The predicted octanol–water partition coefficient (Wildman–Crippen LogP) is 2.83. The van der Waals surface area contributed by atoms with E-state index < -0.39 is 6.10 Å². The maximum Gasteiger partial charge on any atom is 0.0975 e. The average Bonchev–Trinajstić information content (AvgIpc) is 2.38. The highest BCUT2D eigenvalue weighted by Gasteiger charge is 2.00. The van der Waals surface area contributed by atoms with Crippen LogP contribution in [0, 0.1) is 0 Å². The second kappa shape index (κ2) is 5.24. The summed E-state index contributed by atoms with van der Waals surface area (Å²) < 4.78 is 0. The lowest BCUT2D eigenvalue weighted by molar-refractivity contribution is 0.229. The largest absolute Gasteiger partial charge is 0.384 e. The Morgan fingerprint density at radius 1 is 1.06 bits per heavy atom. The van der Waals surface area contributed by atoms with E-state index in [0.29, 0.717) is 0 Å². The molecule has 2 heteroatoms. The van der Waals surface area contributed by atoms with Gasteiger partial charge in [0.15, 0.2) is 0 Å². The average molecular weight is 211 g/mol. The van der Waals surface area contributed by atoms with E-state index in [1.165, 1.54) is 0 Å². The van der Waals surface area contributed by atoms with E-state index in [1.807, 2.05) is 48.5 Å². The van der Waals surface area contributed by atoms with Gasteiger partial charge in [-0.2, -0.15) is 0 Å². The third-order valence-electron chi connectivity index (χ3n) is 2.30. The topological polar surface area (TPSA) is 33.1 Å². The summed E-state index contributed by atoms with van der Waals surface area (Å²) in [6.45, 7) is 0. The van der Waals surface area contributed by atoms with Crippen LogP contribution < -0.4 is 0 Å². The van der Waals surface area contributed by atoms with Crippen LogP contribution in [0.25, 0.3) is 6.08 Å². The number of pyridine rings is 1. The first-order valence-electron chi connectivity index (χ1n) is 5.17. The Morgan fingerprint density at radius 3 is 2.56 bits per heavy atom. The Bertz CT molecular complexity index is 451. The standard InChI is InChI=1S/C14H13NO/c16-14(13-6-2-1-3-7-13)9-8-12-5-4-10-15-11-12/h1-11,14,16H/b9-8+. The summed E-state index contributed by atoms with van der Waals surface area (Å²) in [5.74, 6) is 0. The minimum atomic E-state index is -0.568. The smallest absolute Gasteiger partial charge is 0.0975 e. The molecule has 1 aromatic carbocycles. The van der Waals surface area contributed by atoms with Gasteiger partial charge in [0.2, 0.25) is 0 Å². The summed E-state index contributed by atoms with van der Waals surface area (Å²) in [4.78, 5) is 4.00. The SMILES string of the molecule is OC(/C=C/c1cccnc1)c1ccccc1.